The summed E-state index contributed by atoms with van der Waals surface area (Å²) < 4.78 is 1.10. The van der Waals surface area contributed by atoms with Crippen molar-refractivity contribution in [3.63, 3.8) is 0 Å². The fourth-order valence-electron chi connectivity index (χ4n) is 1.57. The number of benzene rings is 1. The third kappa shape index (κ3) is 4.34. The highest BCUT2D eigenvalue weighted by Gasteiger charge is 2.07. The van der Waals surface area contributed by atoms with Crippen LogP contribution >= 0.6 is 57.1 Å². The Morgan fingerprint density at radius 1 is 1.32 bits per heavy atom. The summed E-state index contributed by atoms with van der Waals surface area (Å²) in [5.74, 6) is -0.0516. The fraction of sp³-hybridized carbons (Fsp3) is 0.154. The van der Waals surface area contributed by atoms with Crippen molar-refractivity contribution in [3.8, 4) is 0 Å². The molecule has 0 saturated carbocycles. The molecule has 1 aromatic heterocycles. The average Bonchev–Trinajstić information content (AvgIpc) is 2.78. The van der Waals surface area contributed by atoms with Crippen molar-refractivity contribution in [2.45, 2.75) is 6.42 Å². The fourth-order valence-corrected chi connectivity index (χ4v) is 3.40. The molecule has 0 aliphatic rings. The summed E-state index contributed by atoms with van der Waals surface area (Å²) in [5.41, 5.74) is 1.68. The number of amides is 1. The molecule has 19 heavy (non-hydrogen) atoms. The van der Waals surface area contributed by atoms with Gasteiger partial charge in [0.1, 0.15) is 0 Å². The zero-order valence-corrected chi connectivity index (χ0v) is 14.2. The molecule has 0 aliphatic carbocycles. The first-order chi connectivity index (χ1) is 9.06. The Hall–Kier alpha value is -0.300. The molecule has 0 aliphatic heterocycles. The van der Waals surface area contributed by atoms with Gasteiger partial charge in [0.25, 0.3) is 5.91 Å². The quantitative estimate of drug-likeness (QED) is 0.710. The number of halogens is 3. The third-order valence-corrected chi connectivity index (χ3v) is 4.90. The summed E-state index contributed by atoms with van der Waals surface area (Å²) in [4.78, 5) is 11.8. The van der Waals surface area contributed by atoms with Crippen LogP contribution in [-0.2, 0) is 6.42 Å². The second-order valence-corrected chi connectivity index (χ2v) is 7.53. The Morgan fingerprint density at radius 3 is 2.74 bits per heavy atom. The van der Waals surface area contributed by atoms with E-state index in [-0.39, 0.29) is 5.91 Å². The summed E-state index contributed by atoms with van der Waals surface area (Å²) in [6.07, 6.45) is 0.684. The highest BCUT2D eigenvalue weighted by Crippen LogP contribution is 2.21. The Kier molecular flexibility index (Phi) is 5.50. The number of hydrogen-bond donors (Lipinski definition) is 1. The molecule has 2 aromatic rings. The van der Waals surface area contributed by atoms with Crippen molar-refractivity contribution in [2.75, 3.05) is 6.54 Å². The molecule has 2 rings (SSSR count). The van der Waals surface area contributed by atoms with Gasteiger partial charge >= 0.3 is 0 Å². The van der Waals surface area contributed by atoms with Gasteiger partial charge in [-0.15, -0.1) is 11.3 Å². The molecule has 0 spiro atoms. The molecule has 0 radical (unpaired) electrons. The maximum atomic E-state index is 11.8. The molecule has 1 N–H and O–H groups in total. The predicted molar refractivity (Wildman–Crippen MR) is 89.5 cm³/mol. The van der Waals surface area contributed by atoms with Crippen LogP contribution in [0.1, 0.15) is 15.9 Å². The van der Waals surface area contributed by atoms with Gasteiger partial charge in [-0.25, -0.2) is 0 Å². The number of thiophene rings is 1. The van der Waals surface area contributed by atoms with Crippen LogP contribution in [0, 0.1) is 2.88 Å². The van der Waals surface area contributed by atoms with Gasteiger partial charge in [-0.2, -0.15) is 0 Å². The first-order valence-corrected chi connectivity index (χ1v) is 8.24. The van der Waals surface area contributed by atoms with Crippen molar-refractivity contribution >= 4 is 63.0 Å². The lowest BCUT2D eigenvalue weighted by Gasteiger charge is -2.06. The number of hydrogen-bond acceptors (Lipinski definition) is 2. The van der Waals surface area contributed by atoms with Crippen molar-refractivity contribution in [3.05, 3.63) is 53.7 Å². The average molecular weight is 426 g/mol. The van der Waals surface area contributed by atoms with Crippen LogP contribution in [0.25, 0.3) is 0 Å². The molecule has 100 valence electrons. The Balaban J connectivity index is 1.88. The first kappa shape index (κ1) is 15.1. The van der Waals surface area contributed by atoms with E-state index in [1.54, 1.807) is 23.5 Å². The van der Waals surface area contributed by atoms with E-state index >= 15 is 0 Å². The van der Waals surface area contributed by atoms with Crippen LogP contribution < -0.4 is 5.32 Å². The van der Waals surface area contributed by atoms with Crippen molar-refractivity contribution < 1.29 is 4.79 Å². The Bertz CT molecular complexity index is 600. The Morgan fingerprint density at radius 2 is 2.11 bits per heavy atom. The lowest BCUT2D eigenvalue weighted by molar-refractivity contribution is 0.0954. The van der Waals surface area contributed by atoms with Gasteiger partial charge in [-0.3, -0.25) is 4.79 Å². The molecule has 1 amide bonds. The van der Waals surface area contributed by atoms with E-state index in [1.807, 2.05) is 17.5 Å². The zero-order valence-electron chi connectivity index (χ0n) is 9.75. The number of carbonyl (C=O) groups excluding carboxylic acids is 1. The maximum absolute atomic E-state index is 11.8. The smallest absolute Gasteiger partial charge is 0.252 e. The Labute approximate surface area is 139 Å². The standard InChI is InChI=1S/C13H10Cl2INOS/c14-10-2-1-8(11(15)6-10)3-4-17-13(18)9-5-12(16)19-7-9/h1-2,5-7H,3-4H2,(H,17,18). The highest BCUT2D eigenvalue weighted by molar-refractivity contribution is 14.1. The van der Waals surface area contributed by atoms with E-state index in [2.05, 4.69) is 27.9 Å². The highest BCUT2D eigenvalue weighted by atomic mass is 127. The largest absolute Gasteiger partial charge is 0.352 e. The molecular weight excluding hydrogens is 416 g/mol. The number of rotatable bonds is 4. The normalized spacial score (nSPS) is 10.5. The van der Waals surface area contributed by atoms with Crippen LogP contribution in [0.4, 0.5) is 0 Å². The summed E-state index contributed by atoms with van der Waals surface area (Å²) in [5, 5.41) is 5.98. The minimum atomic E-state index is -0.0516. The van der Waals surface area contributed by atoms with Gasteiger partial charge in [0.15, 0.2) is 0 Å². The molecule has 0 unspecified atom stereocenters. The zero-order chi connectivity index (χ0) is 13.8. The van der Waals surface area contributed by atoms with Gasteiger partial charge in [0.2, 0.25) is 0 Å². The lowest BCUT2D eigenvalue weighted by atomic mass is 10.1. The van der Waals surface area contributed by atoms with Crippen LogP contribution in [0.15, 0.2) is 29.6 Å². The molecule has 0 saturated heterocycles. The van der Waals surface area contributed by atoms with Crippen LogP contribution in [0.3, 0.4) is 0 Å². The van der Waals surface area contributed by atoms with Crippen molar-refractivity contribution in [2.24, 2.45) is 0 Å². The first-order valence-electron chi connectivity index (χ1n) is 5.52. The van der Waals surface area contributed by atoms with Crippen LogP contribution in [0.2, 0.25) is 10.0 Å². The minimum absolute atomic E-state index is 0.0516. The molecule has 2 nitrogen and oxygen atoms in total. The van der Waals surface area contributed by atoms with Gasteiger partial charge in [0, 0.05) is 22.0 Å². The molecule has 1 heterocycles. The molecule has 6 heteroatoms. The number of nitrogens with one attached hydrogen (secondary N) is 1. The molecule has 0 fully saturated rings. The van der Waals surface area contributed by atoms with Gasteiger partial charge in [-0.05, 0) is 52.8 Å². The number of carbonyl (C=O) groups is 1. The second kappa shape index (κ2) is 6.92. The molecule has 1 aromatic carbocycles. The monoisotopic (exact) mass is 425 g/mol. The van der Waals surface area contributed by atoms with E-state index in [0.29, 0.717) is 28.6 Å². The van der Waals surface area contributed by atoms with E-state index in [0.717, 1.165) is 8.45 Å². The lowest BCUT2D eigenvalue weighted by Crippen LogP contribution is -2.25. The van der Waals surface area contributed by atoms with E-state index in [9.17, 15) is 4.79 Å². The summed E-state index contributed by atoms with van der Waals surface area (Å²) in [6, 6.07) is 7.26. The summed E-state index contributed by atoms with van der Waals surface area (Å²) in [7, 11) is 0. The SMILES string of the molecule is O=C(NCCc1ccc(Cl)cc1Cl)c1csc(I)c1. The van der Waals surface area contributed by atoms with Gasteiger partial charge in [0.05, 0.1) is 8.45 Å². The van der Waals surface area contributed by atoms with Crippen LogP contribution in [0.5, 0.6) is 0 Å². The van der Waals surface area contributed by atoms with E-state index in [4.69, 9.17) is 23.2 Å². The molecular formula is C13H10Cl2INOS. The van der Waals surface area contributed by atoms with Crippen molar-refractivity contribution in [1.82, 2.24) is 5.32 Å². The molecule has 0 bridgehead atoms. The van der Waals surface area contributed by atoms with E-state index in [1.165, 1.54) is 0 Å². The second-order valence-electron chi connectivity index (χ2n) is 3.88. The van der Waals surface area contributed by atoms with Crippen molar-refractivity contribution in [1.29, 1.82) is 0 Å². The minimum Gasteiger partial charge on any atom is -0.352 e. The predicted octanol–water partition coefficient (Wildman–Crippen LogP) is 4.63. The van der Waals surface area contributed by atoms with Gasteiger partial charge in [-0.1, -0.05) is 29.3 Å². The molecule has 0 atom stereocenters. The summed E-state index contributed by atoms with van der Waals surface area (Å²) >= 11 is 15.7. The van der Waals surface area contributed by atoms with E-state index < -0.39 is 0 Å². The van der Waals surface area contributed by atoms with Gasteiger partial charge < -0.3 is 5.32 Å². The topological polar surface area (TPSA) is 29.1 Å². The summed E-state index contributed by atoms with van der Waals surface area (Å²) in [6.45, 7) is 0.548. The third-order valence-electron chi connectivity index (χ3n) is 2.52. The maximum Gasteiger partial charge on any atom is 0.252 e. The van der Waals surface area contributed by atoms with Crippen LogP contribution in [-0.4, -0.2) is 12.5 Å².